The van der Waals surface area contributed by atoms with Crippen molar-refractivity contribution in [2.24, 2.45) is 0 Å². The van der Waals surface area contributed by atoms with Crippen LogP contribution in [0.2, 0.25) is 0 Å². The van der Waals surface area contributed by atoms with Crippen LogP contribution in [0.3, 0.4) is 0 Å². The Morgan fingerprint density at radius 3 is 1.90 bits per heavy atom. The van der Waals surface area contributed by atoms with Crippen molar-refractivity contribution < 1.29 is 14.6 Å². The third kappa shape index (κ3) is 8.93. The highest BCUT2D eigenvalue weighted by atomic mass is 16.7. The number of ether oxygens (including phenoxy) is 2. The van der Waals surface area contributed by atoms with Crippen LogP contribution in [0.4, 0.5) is 0 Å². The fraction of sp³-hybridized carbons (Fsp3) is 1.00. The third-order valence-corrected chi connectivity index (χ3v) is 4.06. The van der Waals surface area contributed by atoms with Crippen LogP contribution >= 0.6 is 0 Å². The summed E-state index contributed by atoms with van der Waals surface area (Å²) in [6.45, 7) is 2.90. The van der Waals surface area contributed by atoms with E-state index in [1.807, 2.05) is 0 Å². The Bertz CT molecular complexity index is 208. The van der Waals surface area contributed by atoms with Crippen LogP contribution < -0.4 is 0 Å². The van der Waals surface area contributed by atoms with Gasteiger partial charge in [0.05, 0.1) is 13.2 Å². The van der Waals surface area contributed by atoms with Crippen LogP contribution in [0, 0.1) is 0 Å². The van der Waals surface area contributed by atoms with Gasteiger partial charge in [-0.15, -0.1) is 0 Å². The fourth-order valence-corrected chi connectivity index (χ4v) is 2.73. The minimum absolute atomic E-state index is 0.0642. The predicted octanol–water partition coefficient (Wildman–Crippen LogP) is 4.42. The van der Waals surface area contributed by atoms with Gasteiger partial charge < -0.3 is 14.6 Å². The number of aliphatic hydroxyl groups excluding tert-OH is 1. The molecule has 1 heterocycles. The van der Waals surface area contributed by atoms with E-state index in [1.165, 1.54) is 70.6 Å². The van der Waals surface area contributed by atoms with E-state index in [0.29, 0.717) is 6.61 Å². The molecule has 3 heteroatoms. The maximum absolute atomic E-state index is 8.94. The van der Waals surface area contributed by atoms with Crippen molar-refractivity contribution in [3.63, 3.8) is 0 Å². The summed E-state index contributed by atoms with van der Waals surface area (Å²) >= 11 is 0. The molecule has 120 valence electrons. The summed E-state index contributed by atoms with van der Waals surface area (Å²) in [5, 5.41) is 8.94. The van der Waals surface area contributed by atoms with Gasteiger partial charge in [-0.05, 0) is 12.8 Å². The minimum atomic E-state index is -0.0901. The predicted molar refractivity (Wildman–Crippen MR) is 82.8 cm³/mol. The first-order valence-electron chi connectivity index (χ1n) is 8.74. The van der Waals surface area contributed by atoms with E-state index in [-0.39, 0.29) is 19.0 Å². The molecule has 0 bridgehead atoms. The van der Waals surface area contributed by atoms with Gasteiger partial charge in [0.2, 0.25) is 0 Å². The second-order valence-corrected chi connectivity index (χ2v) is 6.03. The lowest BCUT2D eigenvalue weighted by molar-refractivity contribution is -0.0701. The lowest BCUT2D eigenvalue weighted by Crippen LogP contribution is -2.16. The maximum atomic E-state index is 8.94. The largest absolute Gasteiger partial charge is 0.394 e. The Morgan fingerprint density at radius 1 is 0.850 bits per heavy atom. The molecule has 0 aromatic carbocycles. The summed E-state index contributed by atoms with van der Waals surface area (Å²) in [5.74, 6) is 0. The van der Waals surface area contributed by atoms with E-state index in [2.05, 4.69) is 6.92 Å². The summed E-state index contributed by atoms with van der Waals surface area (Å²) in [4.78, 5) is 0. The van der Waals surface area contributed by atoms with Crippen molar-refractivity contribution in [2.75, 3.05) is 13.2 Å². The van der Waals surface area contributed by atoms with Gasteiger partial charge in [0.15, 0.2) is 6.29 Å². The SMILES string of the molecule is CCCCCCCCCCCCC[C@H]1OC[C@@H](CO)O1. The second kappa shape index (κ2) is 12.6. The van der Waals surface area contributed by atoms with Gasteiger partial charge in [-0.25, -0.2) is 0 Å². The van der Waals surface area contributed by atoms with Gasteiger partial charge in [-0.2, -0.15) is 0 Å². The number of unbranched alkanes of at least 4 members (excludes halogenated alkanes) is 10. The maximum Gasteiger partial charge on any atom is 0.158 e. The fourth-order valence-electron chi connectivity index (χ4n) is 2.73. The van der Waals surface area contributed by atoms with Gasteiger partial charge >= 0.3 is 0 Å². The molecule has 1 aliphatic heterocycles. The van der Waals surface area contributed by atoms with E-state index < -0.39 is 0 Å². The molecule has 0 aromatic rings. The molecule has 1 N–H and O–H groups in total. The molecule has 20 heavy (non-hydrogen) atoms. The molecular formula is C17H34O3. The first-order valence-corrected chi connectivity index (χ1v) is 8.74. The first-order chi connectivity index (χ1) is 9.86. The Hall–Kier alpha value is -0.120. The standard InChI is InChI=1S/C17H34O3/c1-2-3-4-5-6-7-8-9-10-11-12-13-17-19-15-16(14-18)20-17/h16-18H,2-15H2,1H3/t16-,17+/m1/s1. The van der Waals surface area contributed by atoms with Crippen LogP contribution in [0.1, 0.15) is 84.0 Å². The van der Waals surface area contributed by atoms with Gasteiger partial charge in [0.25, 0.3) is 0 Å². The molecule has 0 unspecified atom stereocenters. The molecule has 1 rings (SSSR count). The Balaban J connectivity index is 1.75. The van der Waals surface area contributed by atoms with Crippen LogP contribution in [-0.2, 0) is 9.47 Å². The van der Waals surface area contributed by atoms with E-state index in [9.17, 15) is 0 Å². The zero-order chi connectivity index (χ0) is 14.5. The zero-order valence-corrected chi connectivity index (χ0v) is 13.3. The Labute approximate surface area is 125 Å². The van der Waals surface area contributed by atoms with Crippen molar-refractivity contribution in [3.8, 4) is 0 Å². The van der Waals surface area contributed by atoms with Crippen molar-refractivity contribution >= 4 is 0 Å². The van der Waals surface area contributed by atoms with Crippen LogP contribution in [0.5, 0.6) is 0 Å². The van der Waals surface area contributed by atoms with Crippen molar-refractivity contribution in [1.29, 1.82) is 0 Å². The molecule has 1 saturated heterocycles. The molecule has 1 aliphatic rings. The van der Waals surface area contributed by atoms with E-state index in [0.717, 1.165) is 6.42 Å². The summed E-state index contributed by atoms with van der Waals surface area (Å²) in [7, 11) is 0. The summed E-state index contributed by atoms with van der Waals surface area (Å²) in [6, 6.07) is 0. The van der Waals surface area contributed by atoms with Gasteiger partial charge in [-0.3, -0.25) is 0 Å². The normalized spacial score (nSPS) is 22.5. The number of rotatable bonds is 13. The monoisotopic (exact) mass is 286 g/mol. The van der Waals surface area contributed by atoms with E-state index >= 15 is 0 Å². The van der Waals surface area contributed by atoms with Crippen molar-refractivity contribution in [2.45, 2.75) is 96.4 Å². The van der Waals surface area contributed by atoms with E-state index in [4.69, 9.17) is 14.6 Å². The van der Waals surface area contributed by atoms with Crippen molar-refractivity contribution in [1.82, 2.24) is 0 Å². The minimum Gasteiger partial charge on any atom is -0.394 e. The topological polar surface area (TPSA) is 38.7 Å². The molecule has 3 nitrogen and oxygen atoms in total. The molecule has 0 aromatic heterocycles. The highest BCUT2D eigenvalue weighted by molar-refractivity contribution is 4.63. The molecular weight excluding hydrogens is 252 g/mol. The Morgan fingerprint density at radius 2 is 1.40 bits per heavy atom. The van der Waals surface area contributed by atoms with Gasteiger partial charge in [0, 0.05) is 0 Å². The number of hydrogen-bond acceptors (Lipinski definition) is 3. The van der Waals surface area contributed by atoms with Gasteiger partial charge in [0.1, 0.15) is 6.10 Å². The molecule has 0 radical (unpaired) electrons. The molecule has 2 atom stereocenters. The number of aliphatic hydroxyl groups is 1. The van der Waals surface area contributed by atoms with Crippen LogP contribution in [0.25, 0.3) is 0 Å². The molecule has 0 aliphatic carbocycles. The van der Waals surface area contributed by atoms with Crippen LogP contribution in [-0.4, -0.2) is 30.7 Å². The molecule has 0 spiro atoms. The smallest absolute Gasteiger partial charge is 0.158 e. The quantitative estimate of drug-likeness (QED) is 0.509. The third-order valence-electron chi connectivity index (χ3n) is 4.06. The molecule has 0 saturated carbocycles. The van der Waals surface area contributed by atoms with Crippen molar-refractivity contribution in [3.05, 3.63) is 0 Å². The second-order valence-electron chi connectivity index (χ2n) is 6.03. The highest BCUT2D eigenvalue weighted by Gasteiger charge is 2.24. The average molecular weight is 286 g/mol. The van der Waals surface area contributed by atoms with E-state index in [1.54, 1.807) is 0 Å². The van der Waals surface area contributed by atoms with Gasteiger partial charge in [-0.1, -0.05) is 71.1 Å². The highest BCUT2D eigenvalue weighted by Crippen LogP contribution is 2.18. The zero-order valence-electron chi connectivity index (χ0n) is 13.3. The first kappa shape index (κ1) is 17.9. The molecule has 1 fully saturated rings. The summed E-state index contributed by atoms with van der Waals surface area (Å²) in [5.41, 5.74) is 0. The van der Waals surface area contributed by atoms with Crippen LogP contribution in [0.15, 0.2) is 0 Å². The summed E-state index contributed by atoms with van der Waals surface area (Å²) < 4.78 is 11.0. The summed E-state index contributed by atoms with van der Waals surface area (Å²) in [6.07, 6.45) is 15.8. The average Bonchev–Trinajstić information content (AvgIpc) is 2.93. The number of hydrogen-bond donors (Lipinski definition) is 1. The molecule has 0 amide bonds. The lowest BCUT2D eigenvalue weighted by atomic mass is 10.1. The Kier molecular flexibility index (Phi) is 11.3. The lowest BCUT2D eigenvalue weighted by Gasteiger charge is -2.09.